The van der Waals surface area contributed by atoms with E-state index in [-0.39, 0.29) is 12.0 Å². The van der Waals surface area contributed by atoms with Gasteiger partial charge in [0.1, 0.15) is 6.04 Å². The number of para-hydroxylation sites is 1. The molecule has 0 aliphatic heterocycles. The molecule has 0 fully saturated rings. The Morgan fingerprint density at radius 1 is 1.44 bits per heavy atom. The van der Waals surface area contributed by atoms with Crippen LogP contribution in [0.25, 0.3) is 0 Å². The van der Waals surface area contributed by atoms with Crippen LogP contribution in [0.1, 0.15) is 16.8 Å². The van der Waals surface area contributed by atoms with E-state index in [0.29, 0.717) is 12.1 Å². The summed E-state index contributed by atoms with van der Waals surface area (Å²) in [7, 11) is 1.51. The number of ketones is 1. The van der Waals surface area contributed by atoms with Gasteiger partial charge in [0, 0.05) is 19.0 Å². The highest BCUT2D eigenvalue weighted by Crippen LogP contribution is 2.20. The number of Topliss-reactive ketones (excluding diaryl/α,β-unsaturated/α-hetero) is 1. The SMILES string of the molecule is CN(C=O)c1ccccc1C(=O)CC(N)C(=O)O. The summed E-state index contributed by atoms with van der Waals surface area (Å²) in [6, 6.07) is 5.22. The molecule has 96 valence electrons. The Morgan fingerprint density at radius 3 is 2.61 bits per heavy atom. The summed E-state index contributed by atoms with van der Waals surface area (Å²) in [5, 5.41) is 8.66. The van der Waals surface area contributed by atoms with Crippen LogP contribution in [0.4, 0.5) is 5.69 Å². The van der Waals surface area contributed by atoms with Crippen LogP contribution in [0.5, 0.6) is 0 Å². The van der Waals surface area contributed by atoms with Gasteiger partial charge in [-0.2, -0.15) is 0 Å². The van der Waals surface area contributed by atoms with E-state index in [1.165, 1.54) is 18.0 Å². The van der Waals surface area contributed by atoms with Crippen LogP contribution in [0.2, 0.25) is 0 Å². The minimum Gasteiger partial charge on any atom is -0.480 e. The van der Waals surface area contributed by atoms with Gasteiger partial charge in [-0.1, -0.05) is 12.1 Å². The lowest BCUT2D eigenvalue weighted by atomic mass is 10.0. The Balaban J connectivity index is 2.99. The minimum absolute atomic E-state index is 0.281. The number of carboxylic acids is 1. The molecule has 0 radical (unpaired) electrons. The van der Waals surface area contributed by atoms with Crippen molar-refractivity contribution in [3.63, 3.8) is 0 Å². The van der Waals surface area contributed by atoms with Gasteiger partial charge >= 0.3 is 5.97 Å². The van der Waals surface area contributed by atoms with Gasteiger partial charge in [0.2, 0.25) is 6.41 Å². The fraction of sp³-hybridized carbons (Fsp3) is 0.250. The summed E-state index contributed by atoms with van der Waals surface area (Å²) < 4.78 is 0. The Hall–Kier alpha value is -2.21. The second-order valence-electron chi connectivity index (χ2n) is 3.81. The van der Waals surface area contributed by atoms with Crippen molar-refractivity contribution in [2.75, 3.05) is 11.9 Å². The molecule has 3 N–H and O–H groups in total. The van der Waals surface area contributed by atoms with Gasteiger partial charge in [0.15, 0.2) is 5.78 Å². The molecule has 0 saturated heterocycles. The van der Waals surface area contributed by atoms with Crippen molar-refractivity contribution in [2.24, 2.45) is 5.73 Å². The van der Waals surface area contributed by atoms with Gasteiger partial charge in [0.05, 0.1) is 5.69 Å². The molecule has 1 rings (SSSR count). The van der Waals surface area contributed by atoms with Crippen molar-refractivity contribution in [1.29, 1.82) is 0 Å². The number of aliphatic carboxylic acids is 1. The third kappa shape index (κ3) is 3.14. The standard InChI is InChI=1S/C12H14N2O4/c1-14(7-15)10-5-3-2-4-8(10)11(16)6-9(13)12(17)18/h2-5,7,9H,6,13H2,1H3,(H,17,18). The summed E-state index contributed by atoms with van der Waals surface area (Å²) in [4.78, 5) is 34.5. The molecule has 1 atom stereocenters. The van der Waals surface area contributed by atoms with Gasteiger partial charge < -0.3 is 15.7 Å². The summed E-state index contributed by atoms with van der Waals surface area (Å²) >= 11 is 0. The predicted octanol–water partition coefficient (Wildman–Crippen LogP) is 0.264. The molecule has 0 heterocycles. The molecule has 0 aliphatic rings. The predicted molar refractivity (Wildman–Crippen MR) is 65.5 cm³/mol. The third-order valence-electron chi connectivity index (χ3n) is 2.47. The van der Waals surface area contributed by atoms with Crippen molar-refractivity contribution in [2.45, 2.75) is 12.5 Å². The van der Waals surface area contributed by atoms with Crippen LogP contribution in [-0.2, 0) is 9.59 Å². The lowest BCUT2D eigenvalue weighted by Gasteiger charge is -2.15. The maximum atomic E-state index is 11.9. The molecular formula is C12H14N2O4. The van der Waals surface area contributed by atoms with Gasteiger partial charge in [-0.15, -0.1) is 0 Å². The van der Waals surface area contributed by atoms with E-state index in [4.69, 9.17) is 10.8 Å². The molecule has 1 aromatic rings. The van der Waals surface area contributed by atoms with Crippen molar-refractivity contribution < 1.29 is 19.5 Å². The summed E-state index contributed by atoms with van der Waals surface area (Å²) in [5.74, 6) is -1.64. The van der Waals surface area contributed by atoms with E-state index in [1.54, 1.807) is 18.2 Å². The van der Waals surface area contributed by atoms with Crippen molar-refractivity contribution in [1.82, 2.24) is 0 Å². The Labute approximate surface area is 104 Å². The van der Waals surface area contributed by atoms with Crippen LogP contribution in [0.3, 0.4) is 0 Å². The number of hydrogen-bond acceptors (Lipinski definition) is 4. The van der Waals surface area contributed by atoms with Crippen molar-refractivity contribution >= 4 is 23.9 Å². The molecule has 18 heavy (non-hydrogen) atoms. The Morgan fingerprint density at radius 2 is 2.06 bits per heavy atom. The lowest BCUT2D eigenvalue weighted by molar-refractivity contribution is -0.138. The quantitative estimate of drug-likeness (QED) is 0.557. The highest BCUT2D eigenvalue weighted by molar-refractivity contribution is 6.04. The molecule has 6 heteroatoms. The Kier molecular flexibility index (Phi) is 4.56. The Bertz CT molecular complexity index is 473. The first-order valence-electron chi connectivity index (χ1n) is 5.26. The largest absolute Gasteiger partial charge is 0.480 e. The molecule has 0 aliphatic carbocycles. The van der Waals surface area contributed by atoms with Gasteiger partial charge in [-0.05, 0) is 12.1 Å². The molecule has 1 unspecified atom stereocenters. The monoisotopic (exact) mass is 250 g/mol. The van der Waals surface area contributed by atoms with Crippen molar-refractivity contribution in [3.8, 4) is 0 Å². The second kappa shape index (κ2) is 5.92. The first-order chi connectivity index (χ1) is 8.47. The maximum Gasteiger partial charge on any atom is 0.320 e. The number of carboxylic acid groups (broad SMARTS) is 1. The smallest absolute Gasteiger partial charge is 0.320 e. The van der Waals surface area contributed by atoms with E-state index >= 15 is 0 Å². The van der Waals surface area contributed by atoms with Gasteiger partial charge in [-0.3, -0.25) is 14.4 Å². The highest BCUT2D eigenvalue weighted by Gasteiger charge is 2.20. The molecule has 0 bridgehead atoms. The highest BCUT2D eigenvalue weighted by atomic mass is 16.4. The number of anilines is 1. The van der Waals surface area contributed by atoms with Crippen molar-refractivity contribution in [3.05, 3.63) is 29.8 Å². The molecule has 0 aromatic heterocycles. The second-order valence-corrected chi connectivity index (χ2v) is 3.81. The zero-order valence-electron chi connectivity index (χ0n) is 9.87. The molecule has 1 amide bonds. The first kappa shape index (κ1) is 13.9. The number of rotatable bonds is 6. The van der Waals surface area contributed by atoms with E-state index in [0.717, 1.165) is 0 Å². The molecule has 0 saturated carbocycles. The molecule has 0 spiro atoms. The fourth-order valence-corrected chi connectivity index (χ4v) is 1.47. The maximum absolute atomic E-state index is 11.9. The summed E-state index contributed by atoms with van der Waals surface area (Å²) in [5.41, 5.74) is 6.02. The summed E-state index contributed by atoms with van der Waals surface area (Å²) in [6.07, 6.45) is 0.266. The number of carbonyl (C=O) groups excluding carboxylic acids is 2. The van der Waals surface area contributed by atoms with E-state index < -0.39 is 17.8 Å². The molecule has 1 aromatic carbocycles. The van der Waals surface area contributed by atoms with Crippen LogP contribution in [0, 0.1) is 0 Å². The van der Waals surface area contributed by atoms with E-state index in [9.17, 15) is 14.4 Å². The average Bonchev–Trinajstić information content (AvgIpc) is 2.37. The minimum atomic E-state index is -1.24. The van der Waals surface area contributed by atoms with Gasteiger partial charge in [-0.25, -0.2) is 0 Å². The number of benzene rings is 1. The zero-order valence-corrected chi connectivity index (χ0v) is 9.87. The van der Waals surface area contributed by atoms with Crippen LogP contribution in [0.15, 0.2) is 24.3 Å². The lowest BCUT2D eigenvalue weighted by Crippen LogP contribution is -2.33. The number of nitrogens with two attached hydrogens (primary N) is 1. The average molecular weight is 250 g/mol. The molecular weight excluding hydrogens is 236 g/mol. The first-order valence-corrected chi connectivity index (χ1v) is 5.26. The number of hydrogen-bond donors (Lipinski definition) is 2. The number of carbonyl (C=O) groups is 3. The van der Waals surface area contributed by atoms with E-state index in [2.05, 4.69) is 0 Å². The zero-order chi connectivity index (χ0) is 13.7. The van der Waals surface area contributed by atoms with Crippen LogP contribution in [-0.4, -0.2) is 36.4 Å². The molecule has 6 nitrogen and oxygen atoms in total. The topological polar surface area (TPSA) is 101 Å². The van der Waals surface area contributed by atoms with E-state index in [1.807, 2.05) is 0 Å². The normalized spacial score (nSPS) is 11.7. The third-order valence-corrected chi connectivity index (χ3v) is 2.47. The van der Waals surface area contributed by atoms with Crippen LogP contribution >= 0.6 is 0 Å². The summed E-state index contributed by atoms with van der Waals surface area (Å²) in [6.45, 7) is 0. The number of amides is 1. The number of nitrogens with zero attached hydrogens (tertiary/aromatic N) is 1. The van der Waals surface area contributed by atoms with Crippen LogP contribution < -0.4 is 10.6 Å². The van der Waals surface area contributed by atoms with Gasteiger partial charge in [0.25, 0.3) is 0 Å². The fourth-order valence-electron chi connectivity index (χ4n) is 1.47.